The molecule has 0 rings (SSSR count). The van der Waals surface area contributed by atoms with E-state index < -0.39 is 12.1 Å². The van der Waals surface area contributed by atoms with Crippen LogP contribution < -0.4 is 0 Å². The smallest absolute Gasteiger partial charge is 0.336 e. The van der Waals surface area contributed by atoms with E-state index in [2.05, 4.69) is 12.5 Å². The van der Waals surface area contributed by atoms with Gasteiger partial charge in [-0.2, -0.15) is 0 Å². The second-order valence-electron chi connectivity index (χ2n) is 2.27. The molecule has 0 aliphatic rings. The molecule has 0 saturated heterocycles. The highest BCUT2D eigenvalue weighted by molar-refractivity contribution is 5.75. The molecule has 3 heteroatoms. The summed E-state index contributed by atoms with van der Waals surface area (Å²) in [6, 6.07) is 0. The van der Waals surface area contributed by atoms with E-state index in [0.29, 0.717) is 13.2 Å². The first kappa shape index (κ1) is 11.7. The molecule has 0 aromatic carbocycles. The first-order valence-electron chi connectivity index (χ1n) is 4.08. The van der Waals surface area contributed by atoms with E-state index in [1.807, 2.05) is 0 Å². The van der Waals surface area contributed by atoms with Crippen LogP contribution >= 0.6 is 0 Å². The van der Waals surface area contributed by atoms with Gasteiger partial charge in [-0.25, -0.2) is 4.79 Å². The molecule has 72 valence electrons. The topological polar surface area (TPSA) is 35.5 Å². The average Bonchev–Trinajstić information content (AvgIpc) is 2.12. The Kier molecular flexibility index (Phi) is 6.66. The Morgan fingerprint density at radius 2 is 2.46 bits per heavy atom. The van der Waals surface area contributed by atoms with Crippen LogP contribution in [0.15, 0.2) is 12.7 Å². The lowest BCUT2D eigenvalue weighted by Gasteiger charge is -2.12. The van der Waals surface area contributed by atoms with Crippen LogP contribution in [0.25, 0.3) is 0 Å². The van der Waals surface area contributed by atoms with Crippen LogP contribution in [-0.2, 0) is 14.3 Å². The molecule has 0 aromatic rings. The normalized spacial score (nSPS) is 11.4. The number of esters is 1. The minimum Gasteiger partial charge on any atom is -0.464 e. The third kappa shape index (κ3) is 5.05. The Morgan fingerprint density at radius 3 is 2.92 bits per heavy atom. The molecule has 0 aliphatic carbocycles. The lowest BCUT2D eigenvalue weighted by Crippen LogP contribution is -2.26. The predicted molar refractivity (Wildman–Crippen MR) is 50.0 cm³/mol. The predicted octanol–water partition coefficient (Wildman–Crippen LogP) is 1.14. The minimum atomic E-state index is -0.664. The van der Waals surface area contributed by atoms with Crippen molar-refractivity contribution in [1.82, 2.24) is 0 Å². The standard InChI is InChI=1S/C10H14O3/c1-4-7-9(13-8-5-2)10(11)12-6-3/h1,5,9H,2,6-8H2,3H3/t9-/m1/s1. The van der Waals surface area contributed by atoms with E-state index in [9.17, 15) is 4.79 Å². The van der Waals surface area contributed by atoms with E-state index >= 15 is 0 Å². The number of rotatable bonds is 6. The number of carbonyl (C=O) groups excluding carboxylic acids is 1. The Bertz CT molecular complexity index is 203. The number of carbonyl (C=O) groups is 1. The summed E-state index contributed by atoms with van der Waals surface area (Å²) < 4.78 is 9.87. The molecule has 3 nitrogen and oxygen atoms in total. The molecule has 0 amide bonds. The molecule has 0 unspecified atom stereocenters. The summed E-state index contributed by atoms with van der Waals surface area (Å²) >= 11 is 0. The van der Waals surface area contributed by atoms with Gasteiger partial charge in [-0.1, -0.05) is 6.08 Å². The second kappa shape index (κ2) is 7.38. The first-order valence-corrected chi connectivity index (χ1v) is 4.08. The van der Waals surface area contributed by atoms with E-state index in [0.717, 1.165) is 0 Å². The van der Waals surface area contributed by atoms with Gasteiger partial charge in [-0.05, 0) is 6.92 Å². The molecule has 0 N–H and O–H groups in total. The van der Waals surface area contributed by atoms with Gasteiger partial charge in [0.05, 0.1) is 13.2 Å². The third-order valence-corrected chi connectivity index (χ3v) is 1.27. The maximum absolute atomic E-state index is 11.2. The van der Waals surface area contributed by atoms with Crippen LogP contribution in [0.4, 0.5) is 0 Å². The van der Waals surface area contributed by atoms with Gasteiger partial charge in [0.2, 0.25) is 0 Å². The van der Waals surface area contributed by atoms with Gasteiger partial charge in [0.25, 0.3) is 0 Å². The van der Waals surface area contributed by atoms with Crippen molar-refractivity contribution in [3.05, 3.63) is 12.7 Å². The molecule has 0 radical (unpaired) electrons. The lowest BCUT2D eigenvalue weighted by atomic mass is 10.2. The fourth-order valence-corrected chi connectivity index (χ4v) is 0.737. The van der Waals surface area contributed by atoms with Crippen LogP contribution in [0.1, 0.15) is 13.3 Å². The highest BCUT2D eigenvalue weighted by atomic mass is 16.6. The number of terminal acetylenes is 1. The molecule has 13 heavy (non-hydrogen) atoms. The van der Waals surface area contributed by atoms with Crippen LogP contribution in [0, 0.1) is 12.3 Å². The van der Waals surface area contributed by atoms with Crippen molar-refractivity contribution in [2.45, 2.75) is 19.4 Å². The van der Waals surface area contributed by atoms with Gasteiger partial charge in [0.15, 0.2) is 6.10 Å². The quantitative estimate of drug-likeness (QED) is 0.351. The Labute approximate surface area is 78.7 Å². The monoisotopic (exact) mass is 182 g/mol. The summed E-state index contributed by atoms with van der Waals surface area (Å²) in [5.41, 5.74) is 0. The average molecular weight is 182 g/mol. The van der Waals surface area contributed by atoms with Crippen molar-refractivity contribution in [2.24, 2.45) is 0 Å². The Morgan fingerprint density at radius 1 is 1.77 bits per heavy atom. The minimum absolute atomic E-state index is 0.229. The molecule has 0 bridgehead atoms. The fourth-order valence-electron chi connectivity index (χ4n) is 0.737. The molecule has 0 saturated carbocycles. The largest absolute Gasteiger partial charge is 0.464 e. The highest BCUT2D eigenvalue weighted by Crippen LogP contribution is 2.00. The van der Waals surface area contributed by atoms with E-state index in [1.165, 1.54) is 0 Å². The maximum Gasteiger partial charge on any atom is 0.336 e. The highest BCUT2D eigenvalue weighted by Gasteiger charge is 2.18. The van der Waals surface area contributed by atoms with Crippen molar-refractivity contribution >= 4 is 5.97 Å². The summed E-state index contributed by atoms with van der Waals surface area (Å²) in [4.78, 5) is 11.2. The molecule has 0 fully saturated rings. The summed E-state index contributed by atoms with van der Waals surface area (Å²) in [5.74, 6) is 1.94. The zero-order chi connectivity index (χ0) is 10.1. The van der Waals surface area contributed by atoms with Gasteiger partial charge in [0, 0.05) is 6.42 Å². The molecule has 1 atom stereocenters. The van der Waals surface area contributed by atoms with E-state index in [1.54, 1.807) is 13.0 Å². The van der Waals surface area contributed by atoms with Gasteiger partial charge < -0.3 is 9.47 Å². The van der Waals surface area contributed by atoms with Crippen molar-refractivity contribution < 1.29 is 14.3 Å². The lowest BCUT2D eigenvalue weighted by molar-refractivity contribution is -0.155. The Balaban J connectivity index is 3.99. The molecule has 0 aliphatic heterocycles. The first-order chi connectivity index (χ1) is 6.26. The van der Waals surface area contributed by atoms with Gasteiger partial charge >= 0.3 is 5.97 Å². The number of ether oxygens (including phenoxy) is 2. The molecule has 0 heterocycles. The number of hydrogen-bond donors (Lipinski definition) is 0. The zero-order valence-electron chi connectivity index (χ0n) is 7.79. The maximum atomic E-state index is 11.2. The fraction of sp³-hybridized carbons (Fsp3) is 0.500. The Hall–Kier alpha value is -1.27. The van der Waals surface area contributed by atoms with Crippen molar-refractivity contribution in [2.75, 3.05) is 13.2 Å². The molecular formula is C10H14O3. The van der Waals surface area contributed by atoms with E-state index in [-0.39, 0.29) is 6.42 Å². The van der Waals surface area contributed by atoms with E-state index in [4.69, 9.17) is 15.9 Å². The SMILES string of the molecule is C#CC[C@@H](OCC=C)C(=O)OCC. The van der Waals surface area contributed by atoms with Gasteiger partial charge in [0.1, 0.15) is 0 Å². The zero-order valence-corrected chi connectivity index (χ0v) is 7.79. The van der Waals surface area contributed by atoms with Crippen molar-refractivity contribution in [1.29, 1.82) is 0 Å². The summed E-state index contributed by atoms with van der Waals surface area (Å²) in [6.45, 7) is 5.83. The van der Waals surface area contributed by atoms with Crippen LogP contribution in [0.2, 0.25) is 0 Å². The molecule has 0 spiro atoms. The summed E-state index contributed by atoms with van der Waals surface area (Å²) in [6.07, 6.45) is 6.19. The van der Waals surface area contributed by atoms with Crippen molar-refractivity contribution in [3.8, 4) is 12.3 Å². The summed E-state index contributed by atoms with van der Waals surface area (Å²) in [5, 5.41) is 0. The van der Waals surface area contributed by atoms with Crippen LogP contribution in [0.5, 0.6) is 0 Å². The molecule has 0 aromatic heterocycles. The van der Waals surface area contributed by atoms with Gasteiger partial charge in [-0.3, -0.25) is 0 Å². The van der Waals surface area contributed by atoms with Crippen LogP contribution in [-0.4, -0.2) is 25.3 Å². The second-order valence-corrected chi connectivity index (χ2v) is 2.27. The number of hydrogen-bond acceptors (Lipinski definition) is 3. The third-order valence-electron chi connectivity index (χ3n) is 1.27. The molecular weight excluding hydrogens is 168 g/mol. The van der Waals surface area contributed by atoms with Gasteiger partial charge in [-0.15, -0.1) is 18.9 Å². The summed E-state index contributed by atoms with van der Waals surface area (Å²) in [7, 11) is 0. The van der Waals surface area contributed by atoms with Crippen LogP contribution in [0.3, 0.4) is 0 Å². The van der Waals surface area contributed by atoms with Crippen molar-refractivity contribution in [3.63, 3.8) is 0 Å².